The zero-order valence-corrected chi connectivity index (χ0v) is 10.1. The van der Waals surface area contributed by atoms with E-state index in [1.165, 1.54) is 0 Å². The van der Waals surface area contributed by atoms with Crippen LogP contribution in [0.3, 0.4) is 0 Å². The Balaban J connectivity index is 2.10. The largest absolute Gasteiger partial charge is 0.342 e. The molecule has 0 atom stereocenters. The van der Waals surface area contributed by atoms with Crippen LogP contribution in [0.4, 0.5) is 5.69 Å². The highest BCUT2D eigenvalue weighted by molar-refractivity contribution is 9.10. The fourth-order valence-corrected chi connectivity index (χ4v) is 2.36. The molecule has 0 amide bonds. The lowest BCUT2D eigenvalue weighted by Gasteiger charge is -2.14. The molecular weight excluding hydrogens is 260 g/mol. The van der Waals surface area contributed by atoms with Crippen LogP contribution in [0.25, 0.3) is 0 Å². The molecule has 1 aromatic carbocycles. The molecule has 1 heterocycles. The van der Waals surface area contributed by atoms with Crippen LogP contribution in [0.5, 0.6) is 0 Å². The smallest absolute Gasteiger partial charge is 0.111 e. The van der Waals surface area contributed by atoms with Gasteiger partial charge in [0.25, 0.3) is 0 Å². The summed E-state index contributed by atoms with van der Waals surface area (Å²) < 4.78 is 1.08. The molecule has 0 unspecified atom stereocenters. The van der Waals surface area contributed by atoms with Crippen molar-refractivity contribution in [2.75, 3.05) is 23.4 Å². The second kappa shape index (κ2) is 4.84. The number of hydrogen-bond acceptors (Lipinski definition) is 3. The number of benzene rings is 1. The van der Waals surface area contributed by atoms with Gasteiger partial charge >= 0.3 is 0 Å². The van der Waals surface area contributed by atoms with Gasteiger partial charge in [-0.1, -0.05) is 12.1 Å². The topological polar surface area (TPSA) is 24.4 Å². The summed E-state index contributed by atoms with van der Waals surface area (Å²) in [7, 11) is 0. The van der Waals surface area contributed by atoms with Gasteiger partial charge in [0, 0.05) is 10.2 Å². The third kappa shape index (κ3) is 2.51. The van der Waals surface area contributed by atoms with Gasteiger partial charge in [-0.05, 0) is 28.1 Å². The van der Waals surface area contributed by atoms with Gasteiger partial charge in [0.15, 0.2) is 0 Å². The Morgan fingerprint density at radius 1 is 1.36 bits per heavy atom. The van der Waals surface area contributed by atoms with Crippen LogP contribution in [0.1, 0.15) is 0 Å². The van der Waals surface area contributed by atoms with Crippen LogP contribution in [0.15, 0.2) is 33.7 Å². The van der Waals surface area contributed by atoms with Gasteiger partial charge in [-0.2, -0.15) is 11.8 Å². The van der Waals surface area contributed by atoms with Crippen LogP contribution in [0.2, 0.25) is 0 Å². The number of thioether (sulfide) groups is 1. The summed E-state index contributed by atoms with van der Waals surface area (Å²) in [5, 5.41) is 3.33. The monoisotopic (exact) mass is 270 g/mol. The molecule has 1 aliphatic rings. The van der Waals surface area contributed by atoms with Crippen molar-refractivity contribution >= 4 is 39.2 Å². The molecule has 1 aromatic rings. The summed E-state index contributed by atoms with van der Waals surface area (Å²) in [4.78, 5) is 4.43. The highest BCUT2D eigenvalue weighted by Gasteiger charge is 2.06. The zero-order valence-electron chi connectivity index (χ0n) is 7.66. The number of nitrogens with zero attached hydrogens (tertiary/aromatic N) is 1. The third-order valence-electron chi connectivity index (χ3n) is 1.93. The van der Waals surface area contributed by atoms with Crippen molar-refractivity contribution in [2.24, 2.45) is 4.99 Å². The van der Waals surface area contributed by atoms with Crippen LogP contribution in [-0.2, 0) is 0 Å². The number of nitrogens with one attached hydrogen (secondary N) is 1. The van der Waals surface area contributed by atoms with Gasteiger partial charge < -0.3 is 5.32 Å². The molecule has 0 aliphatic carbocycles. The number of para-hydroxylation sites is 1. The Hall–Kier alpha value is -0.480. The molecule has 0 aromatic heterocycles. The predicted octanol–water partition coefficient (Wildman–Crippen LogP) is 3.01. The minimum Gasteiger partial charge on any atom is -0.342 e. The van der Waals surface area contributed by atoms with Gasteiger partial charge in [0.1, 0.15) is 5.84 Å². The van der Waals surface area contributed by atoms with E-state index in [2.05, 4.69) is 26.2 Å². The van der Waals surface area contributed by atoms with Crippen molar-refractivity contribution in [1.29, 1.82) is 0 Å². The average molecular weight is 271 g/mol. The number of rotatable bonds is 1. The number of halogens is 1. The first-order chi connectivity index (χ1) is 6.86. The van der Waals surface area contributed by atoms with E-state index >= 15 is 0 Å². The average Bonchev–Trinajstić information content (AvgIpc) is 2.23. The maximum atomic E-state index is 4.43. The van der Waals surface area contributed by atoms with E-state index in [1.54, 1.807) is 0 Å². The Morgan fingerprint density at radius 3 is 2.93 bits per heavy atom. The van der Waals surface area contributed by atoms with E-state index in [-0.39, 0.29) is 0 Å². The summed E-state index contributed by atoms with van der Waals surface area (Å²) in [5.41, 5.74) is 1.09. The highest BCUT2D eigenvalue weighted by atomic mass is 79.9. The van der Waals surface area contributed by atoms with Crippen LogP contribution >= 0.6 is 27.7 Å². The zero-order chi connectivity index (χ0) is 9.80. The summed E-state index contributed by atoms with van der Waals surface area (Å²) in [6.07, 6.45) is 0. The molecule has 2 rings (SSSR count). The first-order valence-corrected chi connectivity index (χ1v) is 6.43. The molecule has 0 saturated heterocycles. The summed E-state index contributed by atoms with van der Waals surface area (Å²) >= 11 is 5.42. The van der Waals surface area contributed by atoms with Crippen molar-refractivity contribution in [3.05, 3.63) is 28.7 Å². The van der Waals surface area contributed by atoms with Gasteiger partial charge in [0.2, 0.25) is 0 Å². The molecule has 1 aliphatic heterocycles. The molecule has 74 valence electrons. The Bertz CT molecular complexity index is 352. The van der Waals surface area contributed by atoms with E-state index in [1.807, 2.05) is 36.0 Å². The van der Waals surface area contributed by atoms with Gasteiger partial charge in [-0.15, -0.1) is 0 Å². The number of hydrogen-bond donors (Lipinski definition) is 1. The van der Waals surface area contributed by atoms with E-state index in [4.69, 9.17) is 0 Å². The van der Waals surface area contributed by atoms with Crippen LogP contribution in [0, 0.1) is 0 Å². The molecular formula is C10H11BrN2S. The fraction of sp³-hybridized carbons (Fsp3) is 0.300. The van der Waals surface area contributed by atoms with Crippen molar-refractivity contribution < 1.29 is 0 Å². The molecule has 4 heteroatoms. The standard InChI is InChI=1S/C10H11BrN2S/c11-8-3-1-2-4-9(8)13-10-7-14-6-5-12-10/h1-4H,5-7H2,(H,12,13). The molecule has 1 N–H and O–H groups in total. The maximum absolute atomic E-state index is 4.43. The number of anilines is 1. The SMILES string of the molecule is Brc1ccccc1NC1=NCCSC1. The first kappa shape index (κ1) is 10.1. The third-order valence-corrected chi connectivity index (χ3v) is 3.57. The highest BCUT2D eigenvalue weighted by Crippen LogP contribution is 2.22. The Morgan fingerprint density at radius 2 is 2.21 bits per heavy atom. The lowest BCUT2D eigenvalue weighted by Crippen LogP contribution is -2.19. The number of aliphatic imine (C=N–C) groups is 1. The van der Waals surface area contributed by atoms with E-state index in [9.17, 15) is 0 Å². The fourth-order valence-electron chi connectivity index (χ4n) is 1.25. The van der Waals surface area contributed by atoms with Crippen LogP contribution < -0.4 is 5.32 Å². The lowest BCUT2D eigenvalue weighted by molar-refractivity contribution is 1.12. The molecule has 0 saturated carbocycles. The summed E-state index contributed by atoms with van der Waals surface area (Å²) in [6.45, 7) is 0.928. The van der Waals surface area contributed by atoms with Crippen molar-refractivity contribution in [3.63, 3.8) is 0 Å². The minimum absolute atomic E-state index is 0.928. The summed E-state index contributed by atoms with van der Waals surface area (Å²) in [5.74, 6) is 3.20. The van der Waals surface area contributed by atoms with E-state index < -0.39 is 0 Å². The van der Waals surface area contributed by atoms with Gasteiger partial charge in [-0.25, -0.2) is 0 Å². The minimum atomic E-state index is 0.928. The molecule has 14 heavy (non-hydrogen) atoms. The Labute approximate surface area is 96.3 Å². The van der Waals surface area contributed by atoms with Crippen molar-refractivity contribution in [3.8, 4) is 0 Å². The van der Waals surface area contributed by atoms with Gasteiger partial charge in [-0.3, -0.25) is 4.99 Å². The van der Waals surface area contributed by atoms with Crippen LogP contribution in [-0.4, -0.2) is 23.9 Å². The molecule has 0 fully saturated rings. The maximum Gasteiger partial charge on any atom is 0.111 e. The van der Waals surface area contributed by atoms with Crippen molar-refractivity contribution in [2.45, 2.75) is 0 Å². The van der Waals surface area contributed by atoms with Crippen molar-refractivity contribution in [1.82, 2.24) is 0 Å². The molecule has 0 spiro atoms. The molecule has 0 bridgehead atoms. The molecule has 2 nitrogen and oxygen atoms in total. The lowest BCUT2D eigenvalue weighted by atomic mass is 10.3. The number of amidine groups is 1. The second-order valence-electron chi connectivity index (χ2n) is 2.99. The first-order valence-electron chi connectivity index (χ1n) is 4.49. The summed E-state index contributed by atoms with van der Waals surface area (Å²) in [6, 6.07) is 8.10. The second-order valence-corrected chi connectivity index (χ2v) is 4.95. The normalized spacial score (nSPS) is 16.2. The predicted molar refractivity (Wildman–Crippen MR) is 67.4 cm³/mol. The van der Waals surface area contributed by atoms with E-state index in [0.29, 0.717) is 0 Å². The van der Waals surface area contributed by atoms with E-state index in [0.717, 1.165) is 34.0 Å². The quantitative estimate of drug-likeness (QED) is 0.849. The van der Waals surface area contributed by atoms with Gasteiger partial charge in [0.05, 0.1) is 18.0 Å². The molecule has 0 radical (unpaired) electrons. The Kier molecular flexibility index (Phi) is 3.48.